The molecule has 1 aromatic rings. The van der Waals surface area contributed by atoms with Gasteiger partial charge in [0, 0.05) is 18.5 Å². The molecule has 0 spiro atoms. The van der Waals surface area contributed by atoms with Crippen molar-refractivity contribution in [3.8, 4) is 5.75 Å². The molecule has 2 rings (SSSR count). The molecule has 3 N–H and O–H groups in total. The molecule has 1 aliphatic rings. The van der Waals surface area contributed by atoms with Crippen LogP contribution < -0.4 is 15.8 Å². The van der Waals surface area contributed by atoms with Crippen LogP contribution in [0, 0.1) is 0 Å². The fourth-order valence-corrected chi connectivity index (χ4v) is 2.13. The predicted octanol–water partition coefficient (Wildman–Crippen LogP) is 1.23. The predicted molar refractivity (Wildman–Crippen MR) is 61.1 cm³/mol. The summed E-state index contributed by atoms with van der Waals surface area (Å²) < 4.78 is 5.48. The fraction of sp³-hybridized carbons (Fsp3) is 0.500. The number of benzene rings is 1. The molecule has 2 atom stereocenters. The Hall–Kier alpha value is -1.06. The van der Waals surface area contributed by atoms with Crippen molar-refractivity contribution in [2.75, 3.05) is 13.7 Å². The van der Waals surface area contributed by atoms with Crippen LogP contribution >= 0.6 is 0 Å². The fourth-order valence-electron chi connectivity index (χ4n) is 2.13. The summed E-state index contributed by atoms with van der Waals surface area (Å²) >= 11 is 0. The van der Waals surface area contributed by atoms with Gasteiger partial charge in [0.05, 0.1) is 6.61 Å². The lowest BCUT2D eigenvalue weighted by Gasteiger charge is -2.21. The Morgan fingerprint density at radius 3 is 2.93 bits per heavy atom. The van der Waals surface area contributed by atoms with Crippen molar-refractivity contribution >= 4 is 0 Å². The Morgan fingerprint density at radius 1 is 1.47 bits per heavy atom. The number of hydrogen-bond acceptors (Lipinski definition) is 3. The molecule has 0 saturated heterocycles. The maximum Gasteiger partial charge on any atom is 0.122 e. The van der Waals surface area contributed by atoms with Crippen molar-refractivity contribution < 1.29 is 4.74 Å². The van der Waals surface area contributed by atoms with E-state index in [1.165, 1.54) is 11.1 Å². The van der Waals surface area contributed by atoms with E-state index in [9.17, 15) is 0 Å². The van der Waals surface area contributed by atoms with Gasteiger partial charge in [-0.3, -0.25) is 0 Å². The van der Waals surface area contributed by atoms with Gasteiger partial charge >= 0.3 is 0 Å². The van der Waals surface area contributed by atoms with Gasteiger partial charge in [0.15, 0.2) is 0 Å². The van der Waals surface area contributed by atoms with Gasteiger partial charge in [-0.05, 0) is 31.2 Å². The number of nitrogens with two attached hydrogens (primary N) is 1. The minimum atomic E-state index is 0.107. The van der Waals surface area contributed by atoms with Crippen LogP contribution in [0.5, 0.6) is 5.75 Å². The van der Waals surface area contributed by atoms with Crippen LogP contribution in [0.1, 0.15) is 24.1 Å². The van der Waals surface area contributed by atoms with Crippen molar-refractivity contribution in [3.05, 3.63) is 29.3 Å². The Kier molecular flexibility index (Phi) is 2.93. The molecule has 0 radical (unpaired) electrons. The summed E-state index contributed by atoms with van der Waals surface area (Å²) in [5, 5.41) is 3.24. The van der Waals surface area contributed by atoms with E-state index in [4.69, 9.17) is 10.5 Å². The molecule has 15 heavy (non-hydrogen) atoms. The quantitative estimate of drug-likeness (QED) is 0.782. The normalized spacial score (nSPS) is 18.1. The number of hydrogen-bond donors (Lipinski definition) is 2. The van der Waals surface area contributed by atoms with Crippen molar-refractivity contribution in [2.45, 2.75) is 25.4 Å². The van der Waals surface area contributed by atoms with E-state index in [0.29, 0.717) is 0 Å². The van der Waals surface area contributed by atoms with Crippen LogP contribution in [-0.4, -0.2) is 19.7 Å². The van der Waals surface area contributed by atoms with Crippen molar-refractivity contribution in [2.24, 2.45) is 5.73 Å². The molecular formula is C12H18N2O. The maximum atomic E-state index is 5.93. The van der Waals surface area contributed by atoms with Gasteiger partial charge in [-0.25, -0.2) is 0 Å². The van der Waals surface area contributed by atoms with Gasteiger partial charge < -0.3 is 15.8 Å². The third kappa shape index (κ3) is 1.98. The third-order valence-electron chi connectivity index (χ3n) is 2.91. The monoisotopic (exact) mass is 206 g/mol. The van der Waals surface area contributed by atoms with Gasteiger partial charge in [-0.2, -0.15) is 0 Å². The largest absolute Gasteiger partial charge is 0.493 e. The maximum absolute atomic E-state index is 5.93. The summed E-state index contributed by atoms with van der Waals surface area (Å²) in [7, 11) is 1.94. The second-order valence-electron chi connectivity index (χ2n) is 4.09. The Balaban J connectivity index is 2.28. The van der Waals surface area contributed by atoms with E-state index in [0.717, 1.165) is 18.8 Å². The molecular weight excluding hydrogens is 188 g/mol. The lowest BCUT2D eigenvalue weighted by molar-refractivity contribution is 0.356. The lowest BCUT2D eigenvalue weighted by Crippen LogP contribution is -2.33. The zero-order valence-electron chi connectivity index (χ0n) is 9.29. The van der Waals surface area contributed by atoms with Crippen LogP contribution in [0.2, 0.25) is 0 Å². The average molecular weight is 206 g/mol. The topological polar surface area (TPSA) is 47.3 Å². The van der Waals surface area contributed by atoms with Crippen LogP contribution in [0.4, 0.5) is 0 Å². The third-order valence-corrected chi connectivity index (χ3v) is 2.91. The minimum absolute atomic E-state index is 0.107. The van der Waals surface area contributed by atoms with E-state index in [1.54, 1.807) is 0 Å². The Bertz CT molecular complexity index is 349. The SMILES string of the molecule is CNC(c1ccc2c(c1)CCO2)C(C)N. The first-order valence-electron chi connectivity index (χ1n) is 5.41. The highest BCUT2D eigenvalue weighted by molar-refractivity contribution is 5.41. The Labute approximate surface area is 90.6 Å². The molecule has 0 aliphatic carbocycles. The number of rotatable bonds is 3. The number of nitrogens with one attached hydrogen (secondary N) is 1. The summed E-state index contributed by atoms with van der Waals surface area (Å²) in [6, 6.07) is 6.66. The van der Waals surface area contributed by atoms with Gasteiger partial charge in [-0.15, -0.1) is 0 Å². The molecule has 0 saturated carbocycles. The summed E-state index contributed by atoms with van der Waals surface area (Å²) in [6.45, 7) is 2.83. The lowest BCUT2D eigenvalue weighted by atomic mass is 9.98. The Morgan fingerprint density at radius 2 is 2.27 bits per heavy atom. The van der Waals surface area contributed by atoms with Gasteiger partial charge in [-0.1, -0.05) is 12.1 Å². The summed E-state index contributed by atoms with van der Waals surface area (Å²) in [4.78, 5) is 0. The van der Waals surface area contributed by atoms with Crippen molar-refractivity contribution in [3.63, 3.8) is 0 Å². The molecule has 0 amide bonds. The van der Waals surface area contributed by atoms with E-state index in [2.05, 4.69) is 17.4 Å². The molecule has 3 heteroatoms. The minimum Gasteiger partial charge on any atom is -0.493 e. The molecule has 2 unspecified atom stereocenters. The molecule has 1 heterocycles. The first-order valence-corrected chi connectivity index (χ1v) is 5.41. The van der Waals surface area contributed by atoms with Crippen LogP contribution in [0.3, 0.4) is 0 Å². The zero-order valence-corrected chi connectivity index (χ0v) is 9.29. The standard InChI is InChI=1S/C12H18N2O/c1-8(13)12(14-2)10-3-4-11-9(7-10)5-6-15-11/h3-4,7-8,12,14H,5-6,13H2,1-2H3. The molecule has 0 fully saturated rings. The molecule has 1 aliphatic heterocycles. The first-order chi connectivity index (χ1) is 7.22. The zero-order chi connectivity index (χ0) is 10.8. The van der Waals surface area contributed by atoms with Crippen LogP contribution in [-0.2, 0) is 6.42 Å². The van der Waals surface area contributed by atoms with Crippen LogP contribution in [0.15, 0.2) is 18.2 Å². The molecule has 0 aromatic heterocycles. The van der Waals surface area contributed by atoms with Crippen molar-refractivity contribution in [1.82, 2.24) is 5.32 Å². The van der Waals surface area contributed by atoms with Gasteiger partial charge in [0.1, 0.15) is 5.75 Å². The average Bonchev–Trinajstić information content (AvgIpc) is 2.65. The summed E-state index contributed by atoms with van der Waals surface area (Å²) in [6.07, 6.45) is 1.01. The second-order valence-corrected chi connectivity index (χ2v) is 4.09. The highest BCUT2D eigenvalue weighted by Gasteiger charge is 2.18. The molecule has 1 aromatic carbocycles. The highest BCUT2D eigenvalue weighted by Crippen LogP contribution is 2.28. The smallest absolute Gasteiger partial charge is 0.122 e. The van der Waals surface area contributed by atoms with Crippen molar-refractivity contribution in [1.29, 1.82) is 0 Å². The van der Waals surface area contributed by atoms with Crippen LogP contribution in [0.25, 0.3) is 0 Å². The highest BCUT2D eigenvalue weighted by atomic mass is 16.5. The van der Waals surface area contributed by atoms with Gasteiger partial charge in [0.25, 0.3) is 0 Å². The second kappa shape index (κ2) is 4.21. The summed E-state index contributed by atoms with van der Waals surface area (Å²) in [5.74, 6) is 1.03. The van der Waals surface area contributed by atoms with E-state index < -0.39 is 0 Å². The molecule has 82 valence electrons. The number of ether oxygens (including phenoxy) is 1. The van der Waals surface area contributed by atoms with Gasteiger partial charge in [0.2, 0.25) is 0 Å². The molecule has 0 bridgehead atoms. The molecule has 3 nitrogen and oxygen atoms in total. The first kappa shape index (κ1) is 10.5. The number of likely N-dealkylation sites (N-methyl/N-ethyl adjacent to an activating group) is 1. The van der Waals surface area contributed by atoms with E-state index in [-0.39, 0.29) is 12.1 Å². The number of fused-ring (bicyclic) bond motifs is 1. The van der Waals surface area contributed by atoms with E-state index in [1.807, 2.05) is 20.0 Å². The summed E-state index contributed by atoms with van der Waals surface area (Å²) in [5.41, 5.74) is 8.48. The van der Waals surface area contributed by atoms with E-state index >= 15 is 0 Å².